The molecule has 0 fully saturated rings. The number of nitrogens with zero attached hydrogens (tertiary/aromatic N) is 2. The molecule has 108 valence electrons. The average molecular weight is 318 g/mol. The quantitative estimate of drug-likeness (QED) is 0.763. The molecule has 0 amide bonds. The fraction of sp³-hybridized carbons (Fsp3) is 0.200. The first kappa shape index (κ1) is 14.8. The Bertz CT molecular complexity index is 748. The van der Waals surface area contributed by atoms with Crippen molar-refractivity contribution in [2.24, 2.45) is 4.99 Å². The molecular weight excluding hydrogens is 308 g/mol. The molecule has 1 aromatic rings. The van der Waals surface area contributed by atoms with E-state index < -0.39 is 30.7 Å². The molecule has 0 radical (unpaired) electrons. The summed E-state index contributed by atoms with van der Waals surface area (Å²) in [7, 11) is -10.2. The van der Waals surface area contributed by atoms with Gasteiger partial charge in [0.2, 0.25) is 4.08 Å². The summed E-state index contributed by atoms with van der Waals surface area (Å²) >= 11 is 0. The van der Waals surface area contributed by atoms with Crippen LogP contribution in [0.3, 0.4) is 0 Å². The maximum Gasteiger partial charge on any atom is 0.292 e. The molecule has 0 atom stereocenters. The maximum atomic E-state index is 11.4. The molecule has 1 aromatic heterocycles. The van der Waals surface area contributed by atoms with Gasteiger partial charge in [-0.25, -0.2) is 0 Å². The summed E-state index contributed by atoms with van der Waals surface area (Å²) in [4.78, 5) is 7.76. The van der Waals surface area contributed by atoms with Crippen LogP contribution in [0.5, 0.6) is 0 Å². The minimum absolute atomic E-state index is 0.0170. The fourth-order valence-corrected chi connectivity index (χ4v) is 3.92. The van der Waals surface area contributed by atoms with Crippen LogP contribution in [0, 0.1) is 0 Å². The Kier molecular flexibility index (Phi) is 3.50. The minimum Gasteiger partial charge on any atom is -0.284 e. The van der Waals surface area contributed by atoms with E-state index in [9.17, 15) is 25.9 Å². The van der Waals surface area contributed by atoms with E-state index in [0.29, 0.717) is 6.08 Å². The maximum absolute atomic E-state index is 11.4. The Labute approximate surface area is 115 Å². The van der Waals surface area contributed by atoms with Crippen molar-refractivity contribution in [2.45, 2.75) is 10.5 Å². The van der Waals surface area contributed by atoms with Crippen LogP contribution in [0.1, 0.15) is 12.1 Å². The number of aromatic nitrogens is 1. The minimum atomic E-state index is -5.12. The van der Waals surface area contributed by atoms with Gasteiger partial charge in [-0.3, -0.25) is 19.1 Å². The highest BCUT2D eigenvalue weighted by Crippen LogP contribution is 2.33. The third-order valence-corrected chi connectivity index (χ3v) is 6.38. The van der Waals surface area contributed by atoms with Gasteiger partial charge in [0.15, 0.2) is 0 Å². The molecule has 10 heteroatoms. The summed E-state index contributed by atoms with van der Waals surface area (Å²) in [6.45, 7) is 0. The van der Waals surface area contributed by atoms with Gasteiger partial charge < -0.3 is 0 Å². The van der Waals surface area contributed by atoms with Crippen molar-refractivity contribution in [3.05, 3.63) is 42.4 Å². The van der Waals surface area contributed by atoms with Gasteiger partial charge in [0, 0.05) is 18.8 Å². The molecule has 0 unspecified atom stereocenters. The largest absolute Gasteiger partial charge is 0.292 e. The van der Waals surface area contributed by atoms with Crippen LogP contribution < -0.4 is 0 Å². The van der Waals surface area contributed by atoms with E-state index in [1.54, 1.807) is 12.1 Å². The Hall–Kier alpha value is -1.62. The summed E-state index contributed by atoms with van der Waals surface area (Å²) in [6, 6.07) is 4.71. The first-order valence-electron chi connectivity index (χ1n) is 5.27. The van der Waals surface area contributed by atoms with Gasteiger partial charge in [0.05, 0.1) is 11.4 Å². The highest BCUT2D eigenvalue weighted by atomic mass is 32.3. The number of hydrogen-bond donors (Lipinski definition) is 2. The van der Waals surface area contributed by atoms with Gasteiger partial charge in [0.25, 0.3) is 20.2 Å². The van der Waals surface area contributed by atoms with Crippen molar-refractivity contribution in [1.29, 1.82) is 0 Å². The lowest BCUT2D eigenvalue weighted by Crippen LogP contribution is -2.47. The number of rotatable bonds is 3. The average Bonchev–Trinajstić information content (AvgIpc) is 2.37. The summed E-state index contributed by atoms with van der Waals surface area (Å²) in [6.07, 6.45) is 2.20. The van der Waals surface area contributed by atoms with Crippen molar-refractivity contribution in [3.63, 3.8) is 0 Å². The normalized spacial score (nSPS) is 18.6. The lowest BCUT2D eigenvalue weighted by Gasteiger charge is -2.26. The van der Waals surface area contributed by atoms with Crippen molar-refractivity contribution in [2.75, 3.05) is 0 Å². The topological polar surface area (TPSA) is 134 Å². The molecular formula is C10H10N2O6S2. The molecule has 0 aliphatic carbocycles. The molecule has 0 bridgehead atoms. The smallest absolute Gasteiger partial charge is 0.284 e. The molecule has 0 spiro atoms. The van der Waals surface area contributed by atoms with E-state index in [2.05, 4.69) is 9.98 Å². The van der Waals surface area contributed by atoms with Crippen molar-refractivity contribution < 1.29 is 25.9 Å². The van der Waals surface area contributed by atoms with Crippen molar-refractivity contribution >= 4 is 25.9 Å². The summed E-state index contributed by atoms with van der Waals surface area (Å²) < 4.78 is 61.2. The van der Waals surface area contributed by atoms with Gasteiger partial charge in [-0.2, -0.15) is 16.8 Å². The predicted molar refractivity (Wildman–Crippen MR) is 70.4 cm³/mol. The molecule has 1 aliphatic rings. The van der Waals surface area contributed by atoms with Crippen LogP contribution >= 0.6 is 0 Å². The van der Waals surface area contributed by atoms with Gasteiger partial charge in [-0.15, -0.1) is 0 Å². The molecule has 2 N–H and O–H groups in total. The number of hydrogen-bond acceptors (Lipinski definition) is 6. The zero-order valence-corrected chi connectivity index (χ0v) is 11.5. The van der Waals surface area contributed by atoms with Gasteiger partial charge in [0.1, 0.15) is 0 Å². The fourth-order valence-electron chi connectivity index (χ4n) is 1.76. The van der Waals surface area contributed by atoms with Crippen molar-refractivity contribution in [3.8, 4) is 0 Å². The van der Waals surface area contributed by atoms with Crippen LogP contribution in [-0.2, 0) is 20.2 Å². The van der Waals surface area contributed by atoms with Crippen LogP contribution in [0.2, 0.25) is 0 Å². The first-order chi connectivity index (χ1) is 9.17. The zero-order valence-electron chi connectivity index (χ0n) is 9.91. The van der Waals surface area contributed by atoms with Crippen LogP contribution in [-0.4, -0.2) is 40.7 Å². The highest BCUT2D eigenvalue weighted by molar-refractivity contribution is 8.05. The Morgan fingerprint density at radius 1 is 1.10 bits per heavy atom. The number of aliphatic imine (C=N–C) groups is 1. The van der Waals surface area contributed by atoms with Crippen molar-refractivity contribution in [1.82, 2.24) is 4.98 Å². The third-order valence-electron chi connectivity index (χ3n) is 2.81. The van der Waals surface area contributed by atoms with E-state index in [1.807, 2.05) is 0 Å². The van der Waals surface area contributed by atoms with Crippen LogP contribution in [0.15, 0.2) is 41.7 Å². The Morgan fingerprint density at radius 2 is 1.75 bits per heavy atom. The molecule has 2 heterocycles. The Balaban J connectivity index is 2.58. The molecule has 1 aliphatic heterocycles. The van der Waals surface area contributed by atoms with Crippen LogP contribution in [0.25, 0.3) is 0 Å². The van der Waals surface area contributed by atoms with E-state index in [-0.39, 0.29) is 11.4 Å². The third kappa shape index (κ3) is 2.38. The lowest BCUT2D eigenvalue weighted by atomic mass is 10.1. The summed E-state index contributed by atoms with van der Waals surface area (Å²) in [5.41, 5.74) is 0.261. The molecule has 2 rings (SSSR count). The van der Waals surface area contributed by atoms with E-state index in [4.69, 9.17) is 0 Å². The lowest BCUT2D eigenvalue weighted by molar-refractivity contribution is 0.439. The second-order valence-corrected chi connectivity index (χ2v) is 7.66. The second kappa shape index (κ2) is 4.74. The van der Waals surface area contributed by atoms with Crippen LogP contribution in [0.4, 0.5) is 0 Å². The molecule has 20 heavy (non-hydrogen) atoms. The van der Waals surface area contributed by atoms with Gasteiger partial charge in [-0.1, -0.05) is 6.07 Å². The standard InChI is InChI=1S/C10H10N2O6S2/c13-19(14,15)10(20(16,17)18)4-6-12-9(7-10)8-3-1-2-5-11-8/h1-6H,7H2,(H,13,14,15)(H,16,17,18). The van der Waals surface area contributed by atoms with Gasteiger partial charge in [-0.05, 0) is 18.2 Å². The SMILES string of the molecule is O=S(=O)(O)C1(S(=O)(=O)O)C=CN=C(c2ccccn2)C1. The molecule has 0 aromatic carbocycles. The summed E-state index contributed by atoms with van der Waals surface area (Å²) in [5, 5.41) is 0. The first-order valence-corrected chi connectivity index (χ1v) is 8.15. The Morgan fingerprint density at radius 3 is 2.25 bits per heavy atom. The monoisotopic (exact) mass is 318 g/mol. The molecule has 0 saturated heterocycles. The second-order valence-electron chi connectivity index (χ2n) is 4.05. The molecule has 0 saturated carbocycles. The van der Waals surface area contributed by atoms with E-state index >= 15 is 0 Å². The van der Waals surface area contributed by atoms with E-state index in [0.717, 1.165) is 6.20 Å². The number of pyridine rings is 1. The van der Waals surface area contributed by atoms with E-state index in [1.165, 1.54) is 12.3 Å². The highest BCUT2D eigenvalue weighted by Gasteiger charge is 2.54. The predicted octanol–water partition coefficient (Wildman–Crippen LogP) is 0.260. The summed E-state index contributed by atoms with van der Waals surface area (Å²) in [5.74, 6) is 0. The molecule has 8 nitrogen and oxygen atoms in total. The zero-order chi connectivity index (χ0) is 15.0. The van der Waals surface area contributed by atoms with Gasteiger partial charge >= 0.3 is 0 Å².